The Balaban J connectivity index is 4.54. The summed E-state index contributed by atoms with van der Waals surface area (Å²) in [5.41, 5.74) is 0. The van der Waals surface area contributed by atoms with Gasteiger partial charge in [0.2, 0.25) is 0 Å². The maximum absolute atomic E-state index is 12.8. The second-order valence-corrected chi connectivity index (χ2v) is 17.1. The zero-order valence-electron chi connectivity index (χ0n) is 42.0. The summed E-state index contributed by atoms with van der Waals surface area (Å²) in [4.78, 5) is 38.0. The normalized spacial score (nSPS) is 13.0. The SMILES string of the molecule is CC\C=C/C=C\C=C/C=C\CCCCCC(=O)OCC(COC(=O)CCC/C=C\C/C=C\C/C=C\C/C=C\CCCCC)OC(=O)CCCCCCCCC/C=C\CCCCCCCC. The highest BCUT2D eigenvalue weighted by molar-refractivity contribution is 5.71. The molecule has 65 heavy (non-hydrogen) atoms. The van der Waals surface area contributed by atoms with Gasteiger partial charge in [0.25, 0.3) is 0 Å². The maximum Gasteiger partial charge on any atom is 0.306 e. The van der Waals surface area contributed by atoms with E-state index < -0.39 is 6.10 Å². The largest absolute Gasteiger partial charge is 0.462 e. The molecule has 0 fully saturated rings. The molecule has 368 valence electrons. The highest BCUT2D eigenvalue weighted by Gasteiger charge is 2.19. The van der Waals surface area contributed by atoms with Crippen molar-refractivity contribution < 1.29 is 28.6 Å². The summed E-state index contributed by atoms with van der Waals surface area (Å²) in [6.45, 7) is 6.37. The molecule has 0 rings (SSSR count). The molecule has 0 bridgehead atoms. The fourth-order valence-electron chi connectivity index (χ4n) is 6.85. The van der Waals surface area contributed by atoms with E-state index in [2.05, 4.69) is 93.7 Å². The van der Waals surface area contributed by atoms with E-state index in [1.165, 1.54) is 103 Å². The number of carbonyl (C=O) groups excluding carboxylic acids is 3. The lowest BCUT2D eigenvalue weighted by atomic mass is 10.1. The van der Waals surface area contributed by atoms with Crippen molar-refractivity contribution in [1.29, 1.82) is 0 Å². The van der Waals surface area contributed by atoms with Crippen molar-refractivity contribution in [2.75, 3.05) is 13.2 Å². The summed E-state index contributed by atoms with van der Waals surface area (Å²) in [6, 6.07) is 0. The lowest BCUT2D eigenvalue weighted by molar-refractivity contribution is -0.167. The molecular formula is C59H96O6. The predicted octanol–water partition coefficient (Wildman–Crippen LogP) is 17.5. The molecule has 0 radical (unpaired) electrons. The lowest BCUT2D eigenvalue weighted by Crippen LogP contribution is -2.30. The van der Waals surface area contributed by atoms with Crippen LogP contribution in [-0.2, 0) is 28.6 Å². The van der Waals surface area contributed by atoms with Gasteiger partial charge in [-0.05, 0) is 103 Å². The van der Waals surface area contributed by atoms with Gasteiger partial charge in [-0.2, -0.15) is 0 Å². The van der Waals surface area contributed by atoms with E-state index in [9.17, 15) is 14.4 Å². The molecule has 0 aliphatic rings. The summed E-state index contributed by atoms with van der Waals surface area (Å²) >= 11 is 0. The molecule has 6 heteroatoms. The van der Waals surface area contributed by atoms with Gasteiger partial charge < -0.3 is 14.2 Å². The van der Waals surface area contributed by atoms with E-state index in [4.69, 9.17) is 14.2 Å². The molecule has 1 unspecified atom stereocenters. The molecule has 1 atom stereocenters. The first-order valence-corrected chi connectivity index (χ1v) is 26.4. The standard InChI is InChI=1S/C59H96O6/c1-4-7-10-13-16-19-22-25-27-29-31-34-37-40-43-46-49-52-58(61)64-55-56(54-63-57(60)51-48-45-42-39-36-33-24-21-18-15-12-9-6-3)65-59(62)53-50-47-44-41-38-35-32-30-28-26-23-20-17-14-11-8-5-2/h9,12,15-16,18-19,21,24-28,31,33-34,36,40,43,56H,4-8,10-11,13-14,17,20,22-23,29-30,32,35,37-39,41-42,44-55H2,1-3H3/b12-9-,18-15-,19-16-,24-21-,27-25-,28-26-,34-31-,36-33-,43-40-. The molecule has 0 spiro atoms. The van der Waals surface area contributed by atoms with E-state index >= 15 is 0 Å². The molecule has 0 saturated heterocycles. The van der Waals surface area contributed by atoms with Crippen LogP contribution in [0.25, 0.3) is 0 Å². The van der Waals surface area contributed by atoms with Crippen molar-refractivity contribution in [3.8, 4) is 0 Å². The molecule has 0 saturated carbocycles. The summed E-state index contributed by atoms with van der Waals surface area (Å²) in [5, 5.41) is 0. The average Bonchev–Trinajstić information content (AvgIpc) is 3.30. The molecule has 0 amide bonds. The molecule has 0 aromatic heterocycles. The van der Waals surface area contributed by atoms with Gasteiger partial charge >= 0.3 is 17.9 Å². The second kappa shape index (κ2) is 52.7. The number of hydrogen-bond acceptors (Lipinski definition) is 6. The Kier molecular flexibility index (Phi) is 49.5. The number of unbranched alkanes of at least 4 members (excludes halogenated alkanes) is 20. The molecular weight excluding hydrogens is 805 g/mol. The van der Waals surface area contributed by atoms with E-state index in [1.807, 2.05) is 36.5 Å². The third kappa shape index (κ3) is 50.9. The van der Waals surface area contributed by atoms with Crippen LogP contribution in [0.5, 0.6) is 0 Å². The van der Waals surface area contributed by atoms with Crippen molar-refractivity contribution in [1.82, 2.24) is 0 Å². The molecule has 0 aromatic carbocycles. The van der Waals surface area contributed by atoms with E-state index in [0.29, 0.717) is 19.3 Å². The monoisotopic (exact) mass is 901 g/mol. The number of ether oxygens (including phenoxy) is 3. The van der Waals surface area contributed by atoms with Gasteiger partial charge in [0, 0.05) is 19.3 Å². The van der Waals surface area contributed by atoms with Crippen LogP contribution < -0.4 is 0 Å². The Morgan fingerprint density at radius 1 is 0.338 bits per heavy atom. The number of esters is 3. The van der Waals surface area contributed by atoms with Crippen molar-refractivity contribution >= 4 is 17.9 Å². The third-order valence-corrected chi connectivity index (χ3v) is 10.8. The summed E-state index contributed by atoms with van der Waals surface area (Å²) < 4.78 is 16.7. The Bertz CT molecular complexity index is 1360. The van der Waals surface area contributed by atoms with E-state index in [0.717, 1.165) is 77.0 Å². The third-order valence-electron chi connectivity index (χ3n) is 10.8. The molecule has 0 aromatic rings. The fourth-order valence-corrected chi connectivity index (χ4v) is 6.85. The Hall–Kier alpha value is -3.93. The van der Waals surface area contributed by atoms with Gasteiger partial charge in [-0.1, -0.05) is 214 Å². The number of hydrogen-bond donors (Lipinski definition) is 0. The van der Waals surface area contributed by atoms with Crippen LogP contribution in [0, 0.1) is 0 Å². The van der Waals surface area contributed by atoms with E-state index in [-0.39, 0.29) is 37.5 Å². The van der Waals surface area contributed by atoms with Crippen LogP contribution in [0.15, 0.2) is 109 Å². The summed E-state index contributed by atoms with van der Waals surface area (Å²) in [6.07, 6.45) is 70.8. The average molecular weight is 901 g/mol. The van der Waals surface area contributed by atoms with Crippen molar-refractivity contribution in [3.63, 3.8) is 0 Å². The van der Waals surface area contributed by atoms with E-state index in [1.54, 1.807) is 0 Å². The van der Waals surface area contributed by atoms with Crippen molar-refractivity contribution in [2.45, 2.75) is 232 Å². The van der Waals surface area contributed by atoms with Crippen LogP contribution in [-0.4, -0.2) is 37.2 Å². The quantitative estimate of drug-likeness (QED) is 0.0199. The lowest BCUT2D eigenvalue weighted by Gasteiger charge is -2.18. The van der Waals surface area contributed by atoms with Crippen molar-refractivity contribution in [2.24, 2.45) is 0 Å². The van der Waals surface area contributed by atoms with Crippen LogP contribution in [0.3, 0.4) is 0 Å². The molecule has 0 aliphatic heterocycles. The zero-order valence-corrected chi connectivity index (χ0v) is 42.0. The molecule has 0 N–H and O–H groups in total. The van der Waals surface area contributed by atoms with Crippen LogP contribution in [0.1, 0.15) is 226 Å². The fraction of sp³-hybridized carbons (Fsp3) is 0.644. The summed E-state index contributed by atoms with van der Waals surface area (Å²) in [5.74, 6) is -1.02. The van der Waals surface area contributed by atoms with Gasteiger partial charge in [0.05, 0.1) is 0 Å². The van der Waals surface area contributed by atoms with Crippen LogP contribution in [0.2, 0.25) is 0 Å². The Morgan fingerprint density at radius 3 is 1.20 bits per heavy atom. The Morgan fingerprint density at radius 2 is 0.677 bits per heavy atom. The minimum absolute atomic E-state index is 0.119. The predicted molar refractivity (Wildman–Crippen MR) is 279 cm³/mol. The minimum Gasteiger partial charge on any atom is -0.462 e. The van der Waals surface area contributed by atoms with Gasteiger partial charge in [-0.3, -0.25) is 14.4 Å². The highest BCUT2D eigenvalue weighted by atomic mass is 16.6. The topological polar surface area (TPSA) is 78.9 Å². The van der Waals surface area contributed by atoms with Gasteiger partial charge in [-0.15, -0.1) is 0 Å². The zero-order chi connectivity index (χ0) is 47.2. The first-order chi connectivity index (χ1) is 32.0. The first kappa shape index (κ1) is 61.1. The first-order valence-electron chi connectivity index (χ1n) is 26.4. The van der Waals surface area contributed by atoms with Gasteiger partial charge in [0.1, 0.15) is 13.2 Å². The summed E-state index contributed by atoms with van der Waals surface area (Å²) in [7, 11) is 0. The van der Waals surface area contributed by atoms with Gasteiger partial charge in [0.15, 0.2) is 6.10 Å². The number of carbonyl (C=O) groups is 3. The molecule has 0 heterocycles. The van der Waals surface area contributed by atoms with Crippen LogP contribution >= 0.6 is 0 Å². The van der Waals surface area contributed by atoms with Gasteiger partial charge in [-0.25, -0.2) is 0 Å². The number of rotatable bonds is 46. The smallest absolute Gasteiger partial charge is 0.306 e. The molecule has 0 aliphatic carbocycles. The Labute approximate surface area is 400 Å². The van der Waals surface area contributed by atoms with Crippen molar-refractivity contribution in [3.05, 3.63) is 109 Å². The second-order valence-electron chi connectivity index (χ2n) is 17.1. The van der Waals surface area contributed by atoms with Crippen LogP contribution in [0.4, 0.5) is 0 Å². The number of allylic oxidation sites excluding steroid dienone is 18. The minimum atomic E-state index is -0.820. The maximum atomic E-state index is 12.8. The highest BCUT2D eigenvalue weighted by Crippen LogP contribution is 2.13. The molecule has 6 nitrogen and oxygen atoms in total.